The molecular formula is C18H14ClFN4O4S2. The molecule has 1 aromatic heterocycles. The summed E-state index contributed by atoms with van der Waals surface area (Å²) < 4.78 is 41.3. The highest BCUT2D eigenvalue weighted by Gasteiger charge is 2.21. The molecule has 0 atom stereocenters. The molecule has 156 valence electrons. The third-order valence-corrected chi connectivity index (χ3v) is 6.01. The monoisotopic (exact) mass is 468 g/mol. The van der Waals surface area contributed by atoms with E-state index in [2.05, 4.69) is 20.3 Å². The SMILES string of the molecule is CC(=O)Nc1nc(C(=O)Nc2cc(Cl)ccc2NS(=O)(=O)c2ccccc2F)cs1. The lowest BCUT2D eigenvalue weighted by atomic mass is 10.2. The van der Waals surface area contributed by atoms with Crippen molar-refractivity contribution < 1.29 is 22.4 Å². The van der Waals surface area contributed by atoms with Gasteiger partial charge < -0.3 is 10.6 Å². The number of aromatic nitrogens is 1. The molecule has 30 heavy (non-hydrogen) atoms. The van der Waals surface area contributed by atoms with Crippen molar-refractivity contribution in [1.82, 2.24) is 4.98 Å². The van der Waals surface area contributed by atoms with Crippen LogP contribution in [0, 0.1) is 5.82 Å². The lowest BCUT2D eigenvalue weighted by molar-refractivity contribution is -0.114. The van der Waals surface area contributed by atoms with E-state index in [1.807, 2.05) is 0 Å². The first kappa shape index (κ1) is 21.7. The van der Waals surface area contributed by atoms with Crippen molar-refractivity contribution in [1.29, 1.82) is 0 Å². The van der Waals surface area contributed by atoms with Crippen molar-refractivity contribution in [2.24, 2.45) is 0 Å². The minimum atomic E-state index is -4.27. The number of halogens is 2. The summed E-state index contributed by atoms with van der Waals surface area (Å²) in [5.74, 6) is -1.91. The molecule has 12 heteroatoms. The van der Waals surface area contributed by atoms with Gasteiger partial charge in [0.05, 0.1) is 11.4 Å². The van der Waals surface area contributed by atoms with Crippen molar-refractivity contribution in [3.8, 4) is 0 Å². The van der Waals surface area contributed by atoms with Gasteiger partial charge in [0, 0.05) is 17.3 Å². The minimum absolute atomic E-state index is 0.00614. The molecule has 0 saturated heterocycles. The quantitative estimate of drug-likeness (QED) is 0.506. The van der Waals surface area contributed by atoms with Crippen LogP contribution in [0.25, 0.3) is 0 Å². The van der Waals surface area contributed by atoms with Crippen LogP contribution in [0.3, 0.4) is 0 Å². The summed E-state index contributed by atoms with van der Waals surface area (Å²) in [7, 11) is -4.27. The number of nitrogens with one attached hydrogen (secondary N) is 3. The number of thiazole rings is 1. The first-order chi connectivity index (χ1) is 14.2. The maximum Gasteiger partial charge on any atom is 0.275 e. The summed E-state index contributed by atoms with van der Waals surface area (Å²) >= 11 is 7.02. The van der Waals surface area contributed by atoms with Crippen LogP contribution < -0.4 is 15.4 Å². The van der Waals surface area contributed by atoms with Gasteiger partial charge in [-0.25, -0.2) is 17.8 Å². The number of sulfonamides is 1. The van der Waals surface area contributed by atoms with E-state index < -0.39 is 26.6 Å². The van der Waals surface area contributed by atoms with Gasteiger partial charge in [0.15, 0.2) is 5.13 Å². The molecule has 0 aliphatic heterocycles. The normalized spacial score (nSPS) is 11.0. The highest BCUT2D eigenvalue weighted by Crippen LogP contribution is 2.29. The summed E-state index contributed by atoms with van der Waals surface area (Å²) in [5, 5.41) is 6.86. The third-order valence-electron chi connectivity index (χ3n) is 3.62. The fourth-order valence-electron chi connectivity index (χ4n) is 2.34. The van der Waals surface area contributed by atoms with Crippen molar-refractivity contribution in [2.45, 2.75) is 11.8 Å². The Labute approximate surface area is 180 Å². The maximum absolute atomic E-state index is 13.9. The highest BCUT2D eigenvalue weighted by molar-refractivity contribution is 7.92. The first-order valence-corrected chi connectivity index (χ1v) is 11.0. The molecule has 0 unspecified atom stereocenters. The Morgan fingerprint density at radius 2 is 1.83 bits per heavy atom. The van der Waals surface area contributed by atoms with E-state index in [0.717, 1.165) is 23.5 Å². The molecule has 0 aliphatic rings. The van der Waals surface area contributed by atoms with Crippen molar-refractivity contribution in [3.63, 3.8) is 0 Å². The molecular weight excluding hydrogens is 455 g/mol. The lowest BCUT2D eigenvalue weighted by Gasteiger charge is -2.14. The molecule has 0 fully saturated rings. The second-order valence-corrected chi connectivity index (χ2v) is 8.84. The van der Waals surface area contributed by atoms with Gasteiger partial charge in [0.2, 0.25) is 5.91 Å². The number of rotatable bonds is 6. The number of benzene rings is 2. The number of hydrogen-bond acceptors (Lipinski definition) is 6. The Morgan fingerprint density at radius 3 is 2.53 bits per heavy atom. The summed E-state index contributed by atoms with van der Waals surface area (Å²) in [5.41, 5.74) is 0.0291. The molecule has 1 heterocycles. The molecule has 3 aromatic rings. The van der Waals surface area contributed by atoms with Gasteiger partial charge in [0.25, 0.3) is 15.9 Å². The van der Waals surface area contributed by atoms with Gasteiger partial charge in [-0.3, -0.25) is 14.3 Å². The van der Waals surface area contributed by atoms with E-state index in [-0.39, 0.29) is 33.1 Å². The zero-order valence-electron chi connectivity index (χ0n) is 15.3. The summed E-state index contributed by atoms with van der Waals surface area (Å²) in [6.07, 6.45) is 0. The standard InChI is InChI=1S/C18H14ClFN4O4S2/c1-10(25)21-18-23-15(9-29-18)17(26)22-14-8-11(19)6-7-13(14)24-30(27,28)16-5-3-2-4-12(16)20/h2-9,24H,1H3,(H,22,26)(H,21,23,25). The highest BCUT2D eigenvalue weighted by atomic mass is 35.5. The average molecular weight is 469 g/mol. The van der Waals surface area contributed by atoms with E-state index in [9.17, 15) is 22.4 Å². The zero-order valence-corrected chi connectivity index (χ0v) is 17.7. The van der Waals surface area contributed by atoms with Gasteiger partial charge in [0.1, 0.15) is 16.4 Å². The van der Waals surface area contributed by atoms with E-state index >= 15 is 0 Å². The van der Waals surface area contributed by atoms with Crippen LogP contribution in [0.4, 0.5) is 20.9 Å². The smallest absolute Gasteiger partial charge is 0.275 e. The predicted octanol–water partition coefficient (Wildman–Crippen LogP) is 3.95. The number of carbonyl (C=O) groups excluding carboxylic acids is 2. The van der Waals surface area contributed by atoms with Crippen LogP contribution in [-0.2, 0) is 14.8 Å². The van der Waals surface area contributed by atoms with Crippen LogP contribution in [0.2, 0.25) is 5.02 Å². The Balaban J connectivity index is 1.87. The second-order valence-electron chi connectivity index (χ2n) is 5.90. The van der Waals surface area contributed by atoms with Crippen LogP contribution in [0.5, 0.6) is 0 Å². The van der Waals surface area contributed by atoms with Crippen LogP contribution in [-0.4, -0.2) is 25.2 Å². The van der Waals surface area contributed by atoms with E-state index in [1.165, 1.54) is 42.6 Å². The minimum Gasteiger partial charge on any atom is -0.319 e. The molecule has 0 radical (unpaired) electrons. The fourth-order valence-corrected chi connectivity index (χ4v) is 4.41. The van der Waals surface area contributed by atoms with Gasteiger partial charge in [-0.1, -0.05) is 23.7 Å². The number of hydrogen-bond donors (Lipinski definition) is 3. The van der Waals surface area contributed by atoms with Crippen LogP contribution >= 0.6 is 22.9 Å². The van der Waals surface area contributed by atoms with Gasteiger partial charge in [-0.2, -0.15) is 0 Å². The Hall–Kier alpha value is -3.02. The topological polar surface area (TPSA) is 117 Å². The number of amides is 2. The molecule has 0 saturated carbocycles. The van der Waals surface area contributed by atoms with Gasteiger partial charge >= 0.3 is 0 Å². The largest absolute Gasteiger partial charge is 0.319 e. The van der Waals surface area contributed by atoms with Gasteiger partial charge in [-0.05, 0) is 30.3 Å². The average Bonchev–Trinajstić information content (AvgIpc) is 3.12. The summed E-state index contributed by atoms with van der Waals surface area (Å²) in [6.45, 7) is 1.31. The molecule has 3 rings (SSSR count). The lowest BCUT2D eigenvalue weighted by Crippen LogP contribution is -2.18. The molecule has 0 spiro atoms. The van der Waals surface area contributed by atoms with Crippen LogP contribution in [0.15, 0.2) is 52.7 Å². The van der Waals surface area contributed by atoms with Crippen LogP contribution in [0.1, 0.15) is 17.4 Å². The Morgan fingerprint density at radius 1 is 1.10 bits per heavy atom. The number of anilines is 3. The zero-order chi connectivity index (χ0) is 21.9. The van der Waals surface area contributed by atoms with E-state index in [4.69, 9.17) is 11.6 Å². The van der Waals surface area contributed by atoms with Gasteiger partial charge in [-0.15, -0.1) is 11.3 Å². The molecule has 2 amide bonds. The molecule has 0 bridgehead atoms. The second kappa shape index (κ2) is 8.78. The van der Waals surface area contributed by atoms with Crippen molar-refractivity contribution >= 4 is 61.3 Å². The maximum atomic E-state index is 13.9. The van der Waals surface area contributed by atoms with E-state index in [1.54, 1.807) is 0 Å². The predicted molar refractivity (Wildman–Crippen MR) is 113 cm³/mol. The molecule has 3 N–H and O–H groups in total. The third kappa shape index (κ3) is 5.12. The molecule has 8 nitrogen and oxygen atoms in total. The van der Waals surface area contributed by atoms with E-state index in [0.29, 0.717) is 0 Å². The fraction of sp³-hybridized carbons (Fsp3) is 0.0556. The Kier molecular flexibility index (Phi) is 6.34. The summed E-state index contributed by atoms with van der Waals surface area (Å²) in [6, 6.07) is 8.97. The molecule has 2 aromatic carbocycles. The molecule has 0 aliphatic carbocycles. The number of carbonyl (C=O) groups is 2. The summed E-state index contributed by atoms with van der Waals surface area (Å²) in [4.78, 5) is 27.0. The first-order valence-electron chi connectivity index (χ1n) is 8.27. The number of nitrogens with zero attached hydrogens (tertiary/aromatic N) is 1. The van der Waals surface area contributed by atoms with Crippen molar-refractivity contribution in [3.05, 3.63) is 64.4 Å². The van der Waals surface area contributed by atoms with Crippen molar-refractivity contribution in [2.75, 3.05) is 15.4 Å². The Bertz CT molecular complexity index is 1230.